The van der Waals surface area contributed by atoms with Crippen LogP contribution in [-0.2, 0) is 11.2 Å². The van der Waals surface area contributed by atoms with E-state index in [9.17, 15) is 0 Å². The molecule has 3 atom stereocenters. The zero-order chi connectivity index (χ0) is 18.2. The monoisotopic (exact) mass is 356 g/mol. The van der Waals surface area contributed by atoms with Gasteiger partial charge in [0.25, 0.3) is 0 Å². The number of aromatic nitrogens is 1. The van der Waals surface area contributed by atoms with Crippen LogP contribution in [0.5, 0.6) is 0 Å². The van der Waals surface area contributed by atoms with Gasteiger partial charge in [-0.1, -0.05) is 18.1 Å². The number of aryl methyl sites for hydroxylation is 1. The van der Waals surface area contributed by atoms with Crippen molar-refractivity contribution < 1.29 is 4.74 Å². The molecule has 0 amide bonds. The number of aliphatic imine (C=N–C) groups is 1. The van der Waals surface area contributed by atoms with Crippen LogP contribution in [0.4, 0.5) is 0 Å². The molecule has 5 nitrogen and oxygen atoms in total. The summed E-state index contributed by atoms with van der Waals surface area (Å²) in [5.41, 5.74) is 9.67. The molecule has 0 aliphatic carbocycles. The highest BCUT2D eigenvalue weighted by Gasteiger charge is 2.29. The van der Waals surface area contributed by atoms with E-state index >= 15 is 0 Å². The molecule has 2 aliphatic rings. The van der Waals surface area contributed by atoms with E-state index in [-0.39, 0.29) is 6.17 Å². The highest BCUT2D eigenvalue weighted by atomic mass is 16.5. The number of nitrogens with two attached hydrogens (primary N) is 1. The Bertz CT molecular complexity index is 614. The normalized spacial score (nSPS) is 25.8. The minimum Gasteiger partial charge on any atom is -0.377 e. The third-order valence-corrected chi connectivity index (χ3v) is 5.16. The van der Waals surface area contributed by atoms with Gasteiger partial charge in [-0.2, -0.15) is 0 Å². The van der Waals surface area contributed by atoms with E-state index in [0.29, 0.717) is 12.0 Å². The molecule has 0 radical (unpaired) electrons. The zero-order valence-electron chi connectivity index (χ0n) is 15.9. The van der Waals surface area contributed by atoms with Crippen LogP contribution < -0.4 is 11.1 Å². The van der Waals surface area contributed by atoms with E-state index in [0.717, 1.165) is 51.1 Å². The summed E-state index contributed by atoms with van der Waals surface area (Å²) in [7, 11) is 0. The van der Waals surface area contributed by atoms with Crippen LogP contribution in [0.25, 0.3) is 0 Å². The Morgan fingerprint density at radius 1 is 1.23 bits per heavy atom. The first-order chi connectivity index (χ1) is 12.7. The summed E-state index contributed by atoms with van der Waals surface area (Å²) < 4.78 is 6.18. The van der Waals surface area contributed by atoms with Crippen molar-refractivity contribution in [3.05, 3.63) is 41.7 Å². The first-order valence-electron chi connectivity index (χ1n) is 9.92. The minimum atomic E-state index is -0.0668. The summed E-state index contributed by atoms with van der Waals surface area (Å²) in [5.74, 6) is 0.497. The fraction of sp³-hybridized carbons (Fsp3) is 0.619. The average molecular weight is 357 g/mol. The quantitative estimate of drug-likeness (QED) is 0.667. The number of hydrogen-bond acceptors (Lipinski definition) is 5. The summed E-state index contributed by atoms with van der Waals surface area (Å²) in [6.45, 7) is 4.93. The molecule has 1 fully saturated rings. The number of nitrogens with one attached hydrogen (secondary N) is 1. The predicted octanol–water partition coefficient (Wildman–Crippen LogP) is 2.86. The van der Waals surface area contributed by atoms with E-state index in [1.165, 1.54) is 24.1 Å². The maximum absolute atomic E-state index is 6.18. The van der Waals surface area contributed by atoms with E-state index in [1.807, 2.05) is 12.3 Å². The van der Waals surface area contributed by atoms with Gasteiger partial charge >= 0.3 is 0 Å². The van der Waals surface area contributed by atoms with Gasteiger partial charge in [0.05, 0.1) is 6.10 Å². The Balaban J connectivity index is 1.34. The van der Waals surface area contributed by atoms with Gasteiger partial charge in [-0.25, -0.2) is 0 Å². The Morgan fingerprint density at radius 2 is 2.15 bits per heavy atom. The summed E-state index contributed by atoms with van der Waals surface area (Å²) in [4.78, 5) is 8.98. The number of pyridine rings is 1. The van der Waals surface area contributed by atoms with Crippen molar-refractivity contribution >= 4 is 5.71 Å². The molecule has 0 spiro atoms. The van der Waals surface area contributed by atoms with Crippen molar-refractivity contribution in [3.63, 3.8) is 0 Å². The fourth-order valence-electron chi connectivity index (χ4n) is 3.82. The summed E-state index contributed by atoms with van der Waals surface area (Å²) in [6, 6.07) is 6.12. The number of dihydropyridines is 1. The van der Waals surface area contributed by atoms with Gasteiger partial charge in [0, 0.05) is 49.6 Å². The van der Waals surface area contributed by atoms with E-state index in [1.54, 1.807) is 0 Å². The molecule has 5 heteroatoms. The maximum atomic E-state index is 6.18. The van der Waals surface area contributed by atoms with Gasteiger partial charge in [-0.15, -0.1) is 0 Å². The maximum Gasteiger partial charge on any atom is 0.101 e. The molecule has 3 heterocycles. The minimum absolute atomic E-state index is 0.0668. The van der Waals surface area contributed by atoms with Crippen molar-refractivity contribution in [1.29, 1.82) is 0 Å². The first kappa shape index (κ1) is 19.2. The molecule has 1 saturated heterocycles. The topological polar surface area (TPSA) is 72.5 Å². The molecule has 0 aromatic carbocycles. The van der Waals surface area contributed by atoms with Crippen molar-refractivity contribution in [2.75, 3.05) is 19.7 Å². The summed E-state index contributed by atoms with van der Waals surface area (Å²) >= 11 is 0. The Kier molecular flexibility index (Phi) is 7.35. The van der Waals surface area contributed by atoms with Gasteiger partial charge < -0.3 is 15.8 Å². The third kappa shape index (κ3) is 6.01. The van der Waals surface area contributed by atoms with Gasteiger partial charge in [-0.3, -0.25) is 9.98 Å². The molecule has 26 heavy (non-hydrogen) atoms. The van der Waals surface area contributed by atoms with Crippen LogP contribution in [0.15, 0.2) is 41.0 Å². The molecule has 2 aliphatic heterocycles. The Morgan fingerprint density at radius 3 is 2.96 bits per heavy atom. The Labute approximate surface area is 157 Å². The lowest BCUT2D eigenvalue weighted by atomic mass is 9.95. The number of rotatable bonds is 9. The van der Waals surface area contributed by atoms with Gasteiger partial charge in [0.15, 0.2) is 0 Å². The van der Waals surface area contributed by atoms with Crippen LogP contribution >= 0.6 is 0 Å². The van der Waals surface area contributed by atoms with Crippen LogP contribution in [-0.4, -0.2) is 42.7 Å². The molecule has 0 saturated carbocycles. The average Bonchev–Trinajstić information content (AvgIpc) is 3.05. The molecule has 3 rings (SSSR count). The Hall–Kier alpha value is -1.56. The zero-order valence-corrected chi connectivity index (χ0v) is 15.9. The largest absolute Gasteiger partial charge is 0.377 e. The van der Waals surface area contributed by atoms with Crippen LogP contribution in [0.3, 0.4) is 0 Å². The van der Waals surface area contributed by atoms with Crippen LogP contribution in [0, 0.1) is 5.92 Å². The molecule has 0 bridgehead atoms. The van der Waals surface area contributed by atoms with Crippen molar-refractivity contribution in [1.82, 2.24) is 10.3 Å². The number of ether oxygens (including phenoxy) is 1. The van der Waals surface area contributed by atoms with Gasteiger partial charge in [0.1, 0.15) is 6.17 Å². The SMILES string of the molecule is CC1=CC(C[C@@H]2CNC[C@@H]2OCCCCCc2ccccn2)=NC(N)C1. The number of hydrogen-bond donors (Lipinski definition) is 2. The van der Waals surface area contributed by atoms with Crippen molar-refractivity contribution in [2.45, 2.75) is 57.7 Å². The lowest BCUT2D eigenvalue weighted by Crippen LogP contribution is -2.28. The number of unbranched alkanes of at least 4 members (excludes halogenated alkanes) is 2. The number of nitrogens with zero attached hydrogens (tertiary/aromatic N) is 2. The summed E-state index contributed by atoms with van der Waals surface area (Å²) in [5, 5.41) is 3.47. The standard InChI is InChI=1S/C21H32N4O/c1-16-11-19(25-21(22)12-16)13-17-14-23-15-20(17)26-10-6-2-3-7-18-8-4-5-9-24-18/h4-5,8-9,11,17,20-21,23H,2-3,6-7,10,12-15,22H2,1H3/t17-,20+,21?/m1/s1. The second kappa shape index (κ2) is 9.95. The van der Waals surface area contributed by atoms with E-state index < -0.39 is 0 Å². The molecular formula is C21H32N4O. The highest BCUT2D eigenvalue weighted by molar-refractivity contribution is 5.96. The summed E-state index contributed by atoms with van der Waals surface area (Å²) in [6.07, 6.45) is 10.7. The predicted molar refractivity (Wildman–Crippen MR) is 106 cm³/mol. The second-order valence-corrected chi connectivity index (χ2v) is 7.55. The second-order valence-electron chi connectivity index (χ2n) is 7.55. The van der Waals surface area contributed by atoms with Gasteiger partial charge in [0.2, 0.25) is 0 Å². The highest BCUT2D eigenvalue weighted by Crippen LogP contribution is 2.21. The molecule has 3 N–H and O–H groups in total. The molecule has 1 aromatic heterocycles. The van der Waals surface area contributed by atoms with E-state index in [4.69, 9.17) is 10.5 Å². The van der Waals surface area contributed by atoms with Crippen LogP contribution in [0.2, 0.25) is 0 Å². The molecule has 142 valence electrons. The van der Waals surface area contributed by atoms with Crippen molar-refractivity contribution in [2.24, 2.45) is 16.6 Å². The smallest absolute Gasteiger partial charge is 0.101 e. The molecule has 1 unspecified atom stereocenters. The van der Waals surface area contributed by atoms with E-state index in [2.05, 4.69) is 40.4 Å². The molecule has 1 aromatic rings. The molecular weight excluding hydrogens is 324 g/mol. The van der Waals surface area contributed by atoms with Crippen molar-refractivity contribution in [3.8, 4) is 0 Å². The van der Waals surface area contributed by atoms with Crippen LogP contribution in [0.1, 0.15) is 44.7 Å². The fourth-order valence-corrected chi connectivity index (χ4v) is 3.82. The lowest BCUT2D eigenvalue weighted by Gasteiger charge is -2.22. The first-order valence-corrected chi connectivity index (χ1v) is 9.92. The van der Waals surface area contributed by atoms with Gasteiger partial charge in [-0.05, 0) is 50.8 Å². The number of allylic oxidation sites excluding steroid dienone is 1. The third-order valence-electron chi connectivity index (χ3n) is 5.16. The lowest BCUT2D eigenvalue weighted by molar-refractivity contribution is 0.0373.